The third-order valence-electron chi connectivity index (χ3n) is 5.27. The lowest BCUT2D eigenvalue weighted by atomic mass is 10.1. The molecule has 35 heavy (non-hydrogen) atoms. The Kier molecular flexibility index (Phi) is 7.81. The summed E-state index contributed by atoms with van der Waals surface area (Å²) in [6.45, 7) is 4.35. The molecule has 7 nitrogen and oxygen atoms in total. The predicted molar refractivity (Wildman–Crippen MR) is 137 cm³/mol. The number of thioether (sulfide) groups is 1. The maximum atomic E-state index is 12.9. The van der Waals surface area contributed by atoms with Gasteiger partial charge in [0.05, 0.1) is 23.1 Å². The number of hydrogen-bond acceptors (Lipinski definition) is 6. The Bertz CT molecular complexity index is 1330. The Hall–Kier alpha value is -4.09. The number of nitrogens with zero attached hydrogens (tertiary/aromatic N) is 4. The van der Waals surface area contributed by atoms with Crippen LogP contribution < -0.4 is 10.1 Å². The van der Waals surface area contributed by atoms with Crippen molar-refractivity contribution in [1.82, 2.24) is 14.8 Å². The van der Waals surface area contributed by atoms with Crippen LogP contribution in [-0.2, 0) is 11.2 Å². The number of nitrogens with one attached hydrogen (secondary N) is 1. The molecular formula is C27H25N5O2S. The quantitative estimate of drug-likeness (QED) is 0.327. The number of rotatable bonds is 9. The van der Waals surface area contributed by atoms with Crippen molar-refractivity contribution in [1.29, 1.82) is 5.26 Å². The van der Waals surface area contributed by atoms with Crippen molar-refractivity contribution < 1.29 is 9.53 Å². The first-order chi connectivity index (χ1) is 17.1. The lowest BCUT2D eigenvalue weighted by molar-refractivity contribution is -0.115. The van der Waals surface area contributed by atoms with Crippen LogP contribution in [0.1, 0.15) is 30.8 Å². The highest BCUT2D eigenvalue weighted by molar-refractivity contribution is 8.00. The number of amides is 1. The molecule has 1 N–H and O–H groups in total. The molecule has 0 radical (unpaired) electrons. The summed E-state index contributed by atoms with van der Waals surface area (Å²) in [6, 6.07) is 26.8. The summed E-state index contributed by atoms with van der Waals surface area (Å²) in [5.41, 5.74) is 2.91. The summed E-state index contributed by atoms with van der Waals surface area (Å²) in [7, 11) is 0. The van der Waals surface area contributed by atoms with Crippen LogP contribution in [0.3, 0.4) is 0 Å². The Morgan fingerprint density at radius 1 is 1.06 bits per heavy atom. The smallest absolute Gasteiger partial charge is 0.237 e. The molecular weight excluding hydrogens is 458 g/mol. The minimum atomic E-state index is -0.475. The fraction of sp³-hybridized carbons (Fsp3) is 0.185. The van der Waals surface area contributed by atoms with Crippen LogP contribution >= 0.6 is 11.8 Å². The maximum Gasteiger partial charge on any atom is 0.237 e. The first-order valence-electron chi connectivity index (χ1n) is 11.3. The fourth-order valence-electron chi connectivity index (χ4n) is 3.52. The summed E-state index contributed by atoms with van der Waals surface area (Å²) in [4.78, 5) is 12.9. The van der Waals surface area contributed by atoms with E-state index >= 15 is 0 Å². The van der Waals surface area contributed by atoms with Gasteiger partial charge in [-0.1, -0.05) is 54.2 Å². The molecule has 1 amide bonds. The van der Waals surface area contributed by atoms with Crippen molar-refractivity contribution in [2.24, 2.45) is 0 Å². The van der Waals surface area contributed by atoms with Gasteiger partial charge in [0.15, 0.2) is 5.16 Å². The summed E-state index contributed by atoms with van der Waals surface area (Å²) in [6.07, 6.45) is 0.595. The first kappa shape index (κ1) is 24.0. The minimum absolute atomic E-state index is 0.219. The van der Waals surface area contributed by atoms with Crippen LogP contribution in [0.2, 0.25) is 0 Å². The second-order valence-electron chi connectivity index (χ2n) is 7.73. The fourth-order valence-corrected chi connectivity index (χ4v) is 4.41. The van der Waals surface area contributed by atoms with E-state index < -0.39 is 5.25 Å². The molecule has 0 saturated heterocycles. The van der Waals surface area contributed by atoms with Crippen LogP contribution in [-0.4, -0.2) is 32.5 Å². The van der Waals surface area contributed by atoms with Gasteiger partial charge in [-0.05, 0) is 55.8 Å². The molecule has 0 saturated carbocycles. The van der Waals surface area contributed by atoms with Gasteiger partial charge >= 0.3 is 0 Å². The van der Waals surface area contributed by atoms with E-state index in [2.05, 4.69) is 21.6 Å². The van der Waals surface area contributed by atoms with Crippen molar-refractivity contribution in [2.75, 3.05) is 11.9 Å². The van der Waals surface area contributed by atoms with Crippen LogP contribution in [0.15, 0.2) is 84.0 Å². The lowest BCUT2D eigenvalue weighted by Crippen LogP contribution is -2.23. The van der Waals surface area contributed by atoms with E-state index in [0.717, 1.165) is 22.8 Å². The predicted octanol–water partition coefficient (Wildman–Crippen LogP) is 5.25. The van der Waals surface area contributed by atoms with Crippen molar-refractivity contribution in [2.45, 2.75) is 30.7 Å². The van der Waals surface area contributed by atoms with Crippen LogP contribution in [0, 0.1) is 11.3 Å². The van der Waals surface area contributed by atoms with E-state index in [0.29, 0.717) is 29.4 Å². The van der Waals surface area contributed by atoms with E-state index in [9.17, 15) is 10.1 Å². The molecule has 0 fully saturated rings. The number of ether oxygens (including phenoxy) is 1. The van der Waals surface area contributed by atoms with Gasteiger partial charge in [0.1, 0.15) is 17.6 Å². The number of benzene rings is 3. The molecule has 1 unspecified atom stereocenters. The summed E-state index contributed by atoms with van der Waals surface area (Å²) in [5.74, 6) is 1.33. The van der Waals surface area contributed by atoms with E-state index in [1.807, 2.05) is 73.0 Å². The third-order valence-corrected chi connectivity index (χ3v) is 6.31. The van der Waals surface area contributed by atoms with E-state index in [4.69, 9.17) is 4.74 Å². The van der Waals surface area contributed by atoms with E-state index in [1.54, 1.807) is 24.3 Å². The zero-order valence-electron chi connectivity index (χ0n) is 19.5. The number of para-hydroxylation sites is 1. The van der Waals surface area contributed by atoms with Crippen molar-refractivity contribution in [3.63, 3.8) is 0 Å². The average Bonchev–Trinajstić information content (AvgIpc) is 3.27. The highest BCUT2D eigenvalue weighted by atomic mass is 32.2. The molecule has 0 aliphatic carbocycles. The number of anilines is 1. The standard InChI is InChI=1S/C27H25N5O2S/c1-3-34-23-15-13-22(14-16-23)32-25(17-20-9-5-4-6-10-20)30-31-27(32)35-19(2)26(33)29-24-12-8-7-11-21(24)18-28/h4-16,19H,3,17H2,1-2H3,(H,29,33). The number of nitriles is 1. The SMILES string of the molecule is CCOc1ccc(-n2c(Cc3ccccc3)nnc2SC(C)C(=O)Nc2ccccc2C#N)cc1. The molecule has 1 heterocycles. The highest BCUT2D eigenvalue weighted by Gasteiger charge is 2.22. The second-order valence-corrected chi connectivity index (χ2v) is 9.04. The molecule has 176 valence electrons. The van der Waals surface area contributed by atoms with Gasteiger partial charge in [-0.25, -0.2) is 0 Å². The summed E-state index contributed by atoms with van der Waals surface area (Å²) in [5, 5.41) is 21.2. The first-order valence-corrected chi connectivity index (χ1v) is 12.1. The number of carbonyl (C=O) groups is 1. The molecule has 0 bridgehead atoms. The van der Waals surface area contributed by atoms with Crippen LogP contribution in [0.5, 0.6) is 5.75 Å². The summed E-state index contributed by atoms with van der Waals surface area (Å²) >= 11 is 1.31. The molecule has 0 spiro atoms. The van der Waals surface area contributed by atoms with Crippen molar-refractivity contribution in [3.05, 3.63) is 95.8 Å². The lowest BCUT2D eigenvalue weighted by Gasteiger charge is -2.15. The van der Waals surface area contributed by atoms with Gasteiger partial charge < -0.3 is 10.1 Å². The van der Waals surface area contributed by atoms with Crippen LogP contribution in [0.25, 0.3) is 5.69 Å². The Balaban J connectivity index is 1.61. The maximum absolute atomic E-state index is 12.9. The molecule has 4 rings (SSSR count). The molecule has 0 aliphatic rings. The van der Waals surface area contributed by atoms with Gasteiger partial charge in [-0.2, -0.15) is 5.26 Å². The number of hydrogen-bond donors (Lipinski definition) is 1. The molecule has 1 aromatic heterocycles. The number of carbonyl (C=O) groups excluding carboxylic acids is 1. The Morgan fingerprint density at radius 3 is 2.49 bits per heavy atom. The Morgan fingerprint density at radius 2 is 1.77 bits per heavy atom. The van der Waals surface area contributed by atoms with E-state index in [1.165, 1.54) is 11.8 Å². The van der Waals surface area contributed by atoms with Crippen molar-refractivity contribution >= 4 is 23.4 Å². The molecule has 0 aliphatic heterocycles. The van der Waals surface area contributed by atoms with E-state index in [-0.39, 0.29) is 5.91 Å². The molecule has 8 heteroatoms. The number of aromatic nitrogens is 3. The molecule has 3 aromatic carbocycles. The Labute approximate surface area is 208 Å². The molecule has 1 atom stereocenters. The van der Waals surface area contributed by atoms with Gasteiger partial charge in [0, 0.05) is 12.1 Å². The van der Waals surface area contributed by atoms with Gasteiger partial charge in [0.25, 0.3) is 0 Å². The topological polar surface area (TPSA) is 92.8 Å². The highest BCUT2D eigenvalue weighted by Crippen LogP contribution is 2.28. The van der Waals surface area contributed by atoms with Gasteiger partial charge in [0.2, 0.25) is 5.91 Å². The summed E-state index contributed by atoms with van der Waals surface area (Å²) < 4.78 is 7.56. The monoisotopic (exact) mass is 483 g/mol. The third kappa shape index (κ3) is 5.89. The van der Waals surface area contributed by atoms with Gasteiger partial charge in [-0.3, -0.25) is 9.36 Å². The largest absolute Gasteiger partial charge is 0.494 e. The normalized spacial score (nSPS) is 11.5. The molecule has 4 aromatic rings. The average molecular weight is 484 g/mol. The minimum Gasteiger partial charge on any atom is -0.494 e. The van der Waals surface area contributed by atoms with Gasteiger partial charge in [-0.15, -0.1) is 10.2 Å². The van der Waals surface area contributed by atoms with Crippen LogP contribution in [0.4, 0.5) is 5.69 Å². The zero-order chi connectivity index (χ0) is 24.6. The second kappa shape index (κ2) is 11.4. The van der Waals surface area contributed by atoms with Crippen molar-refractivity contribution in [3.8, 4) is 17.5 Å². The zero-order valence-corrected chi connectivity index (χ0v) is 20.3.